The number of hydrogen-bond acceptors (Lipinski definition) is 2. The number of benzene rings is 3. The van der Waals surface area contributed by atoms with Crippen LogP contribution in [0.1, 0.15) is 15.9 Å². The van der Waals surface area contributed by atoms with Crippen LogP contribution in [0.5, 0.6) is 0 Å². The summed E-state index contributed by atoms with van der Waals surface area (Å²) in [5.41, 5.74) is 5.45. The molecule has 0 fully saturated rings. The maximum absolute atomic E-state index is 13.1. The van der Waals surface area contributed by atoms with Crippen LogP contribution in [0.4, 0.5) is 11.4 Å². The van der Waals surface area contributed by atoms with Gasteiger partial charge in [-0.3, -0.25) is 4.79 Å². The van der Waals surface area contributed by atoms with Gasteiger partial charge < -0.3 is 21.9 Å². The average Bonchev–Trinajstić information content (AvgIpc) is 2.74. The molecule has 0 radical (unpaired) electrons. The Kier molecular flexibility index (Phi) is 6.54. The van der Waals surface area contributed by atoms with Crippen LogP contribution < -0.4 is 10.2 Å². The van der Waals surface area contributed by atoms with Crippen LogP contribution in [0, 0.1) is 6.92 Å². The third kappa shape index (κ3) is 4.13. The molecule has 28 heavy (non-hydrogen) atoms. The summed E-state index contributed by atoms with van der Waals surface area (Å²) in [6.07, 6.45) is 0. The molecule has 0 aromatic heterocycles. The van der Waals surface area contributed by atoms with E-state index < -0.39 is 0 Å². The summed E-state index contributed by atoms with van der Waals surface area (Å²) in [6, 6.07) is 23.0. The van der Waals surface area contributed by atoms with Gasteiger partial charge in [-0.05, 0) is 41.5 Å². The first kappa shape index (κ1) is 20.2. The summed E-state index contributed by atoms with van der Waals surface area (Å²) in [5, 5.41) is 2.60. The van der Waals surface area contributed by atoms with Crippen LogP contribution in [0.2, 0.25) is 0 Å². The van der Waals surface area contributed by atoms with Crippen molar-refractivity contribution < 1.29 is 27.8 Å². The fourth-order valence-corrected chi connectivity index (χ4v) is 3.31. The van der Waals surface area contributed by atoms with Crippen molar-refractivity contribution in [3.05, 3.63) is 90.8 Å². The summed E-state index contributed by atoms with van der Waals surface area (Å²) in [6.45, 7) is 3.82. The van der Waals surface area contributed by atoms with Crippen LogP contribution in [0.25, 0.3) is 11.1 Å². The number of amides is 2. The number of fused-ring (bicyclic) bond motifs is 3. The number of rotatable bonds is 2. The normalized spacial score (nSPS) is 11.4. The number of para-hydroxylation sites is 1. The second kappa shape index (κ2) is 9.08. The number of nitrogens with zero attached hydrogens (tertiary/aromatic N) is 1. The molecule has 1 aliphatic heterocycles. The quantitative estimate of drug-likeness (QED) is 0.448. The first-order valence-corrected chi connectivity index (χ1v) is 11.9. The third-order valence-corrected chi connectivity index (χ3v) is 4.49. The predicted molar refractivity (Wildman–Crippen MR) is 109 cm³/mol. The number of carbonyl (C=O) groups is 2. The molecule has 4 nitrogen and oxygen atoms in total. The Hall–Kier alpha value is -2.58. The molecule has 1 aliphatic rings. The van der Waals surface area contributed by atoms with Crippen LogP contribution in [0.15, 0.2) is 72.8 Å². The van der Waals surface area contributed by atoms with Gasteiger partial charge in [0.2, 0.25) is 0 Å². The zero-order chi connectivity index (χ0) is 20.1. The van der Waals surface area contributed by atoms with Crippen molar-refractivity contribution in [2.75, 3.05) is 10.2 Å². The summed E-state index contributed by atoms with van der Waals surface area (Å²) in [5.74, 6) is -0.454. The van der Waals surface area contributed by atoms with E-state index in [0.717, 1.165) is 16.8 Å². The SMILES string of the molecule is [CH2-]C(=O)Nc1ccc(C(=O)N2Cc3ccccc3-c3ccccc32)cc1.[Cl][Re]. The van der Waals surface area contributed by atoms with E-state index in [9.17, 15) is 9.59 Å². The molecule has 2 amide bonds. The third-order valence-electron chi connectivity index (χ3n) is 4.49. The van der Waals surface area contributed by atoms with E-state index >= 15 is 0 Å². The molecule has 0 aliphatic carbocycles. The summed E-state index contributed by atoms with van der Waals surface area (Å²) >= 11 is 1.19. The summed E-state index contributed by atoms with van der Waals surface area (Å²) < 4.78 is 0. The fraction of sp³-hybridized carbons (Fsp3) is 0.0455. The second-order valence-corrected chi connectivity index (χ2v) is 6.19. The number of hydrogen-bond donors (Lipinski definition) is 1. The Morgan fingerprint density at radius 3 is 2.18 bits per heavy atom. The zero-order valence-corrected chi connectivity index (χ0v) is 18.3. The minimum absolute atomic E-state index is 0.0700. The van der Waals surface area contributed by atoms with Gasteiger partial charge in [0, 0.05) is 16.8 Å². The van der Waals surface area contributed by atoms with Crippen molar-refractivity contribution in [3.8, 4) is 11.1 Å². The fourth-order valence-electron chi connectivity index (χ4n) is 3.31. The molecule has 6 heteroatoms. The predicted octanol–water partition coefficient (Wildman–Crippen LogP) is 4.97. The molecule has 0 unspecified atom stereocenters. The van der Waals surface area contributed by atoms with Crippen molar-refractivity contribution in [1.82, 2.24) is 0 Å². The molecule has 4 rings (SSSR count). The summed E-state index contributed by atoms with van der Waals surface area (Å²) in [4.78, 5) is 26.0. The van der Waals surface area contributed by atoms with E-state index in [1.807, 2.05) is 36.4 Å². The Labute approximate surface area is 178 Å². The molecule has 0 spiro atoms. The van der Waals surface area contributed by atoms with Crippen molar-refractivity contribution in [2.45, 2.75) is 6.54 Å². The topological polar surface area (TPSA) is 49.4 Å². The summed E-state index contributed by atoms with van der Waals surface area (Å²) in [7, 11) is 4.69. The van der Waals surface area contributed by atoms with Crippen molar-refractivity contribution in [3.63, 3.8) is 0 Å². The maximum atomic E-state index is 13.1. The second-order valence-electron chi connectivity index (χ2n) is 6.19. The standard InChI is InChI=1S/C22H17N2O2.ClH.Re/c1-15(25)23-18-12-10-16(11-13-18)22(26)24-14-17-6-2-3-7-19(17)20-8-4-5-9-21(20)24;;/h2-13H,1,14H2,(H,23,25);1H;/q-1;;+1/p-1. The van der Waals surface area contributed by atoms with E-state index in [1.54, 1.807) is 29.2 Å². The monoisotopic (exact) mass is 563 g/mol. The average molecular weight is 563 g/mol. The minimum atomic E-state index is -0.384. The molecule has 0 bridgehead atoms. The number of nitrogens with one attached hydrogen (secondary N) is 1. The van der Waals surface area contributed by atoms with E-state index in [-0.39, 0.29) is 11.8 Å². The Balaban J connectivity index is 0.00000109. The van der Waals surface area contributed by atoms with E-state index in [0.29, 0.717) is 17.8 Å². The van der Waals surface area contributed by atoms with Gasteiger partial charge in [-0.15, -0.1) is 0 Å². The first-order chi connectivity index (χ1) is 13.6. The molecule has 3 aromatic rings. The van der Waals surface area contributed by atoms with Crippen LogP contribution in [-0.4, -0.2) is 11.8 Å². The van der Waals surface area contributed by atoms with Crippen molar-refractivity contribution in [1.29, 1.82) is 0 Å². The van der Waals surface area contributed by atoms with Crippen LogP contribution in [-0.2, 0) is 29.5 Å². The van der Waals surface area contributed by atoms with E-state index in [1.165, 1.54) is 23.7 Å². The van der Waals surface area contributed by atoms with Gasteiger partial charge in [0.05, 0.1) is 18.1 Å². The molecular formula is C22H17ClN2O2Re-. The van der Waals surface area contributed by atoms with Crippen molar-refractivity contribution in [2.24, 2.45) is 0 Å². The van der Waals surface area contributed by atoms with Gasteiger partial charge in [0.1, 0.15) is 0 Å². The molecule has 142 valence electrons. The molecule has 3 aromatic carbocycles. The molecule has 0 atom stereocenters. The Bertz CT molecular complexity index is 1010. The number of carbonyl (C=O) groups excluding carboxylic acids is 2. The van der Waals surface area contributed by atoms with Crippen molar-refractivity contribution >= 4 is 32.7 Å². The van der Waals surface area contributed by atoms with E-state index in [2.05, 4.69) is 24.4 Å². The van der Waals surface area contributed by atoms with Gasteiger partial charge in [-0.25, -0.2) is 0 Å². The zero-order valence-electron chi connectivity index (χ0n) is 14.9. The Morgan fingerprint density at radius 2 is 1.50 bits per heavy atom. The molecule has 1 N–H and O–H groups in total. The molecule has 1 heterocycles. The van der Waals surface area contributed by atoms with E-state index in [4.69, 9.17) is 9.53 Å². The molecular weight excluding hydrogens is 546 g/mol. The van der Waals surface area contributed by atoms with Gasteiger partial charge in [0.25, 0.3) is 5.91 Å². The molecule has 0 saturated heterocycles. The first-order valence-electron chi connectivity index (χ1n) is 8.50. The van der Waals surface area contributed by atoms with Gasteiger partial charge in [-0.1, -0.05) is 42.5 Å². The van der Waals surface area contributed by atoms with Crippen LogP contribution in [0.3, 0.4) is 0 Å². The van der Waals surface area contributed by atoms with Gasteiger partial charge >= 0.3 is 27.7 Å². The number of halogens is 1. The van der Waals surface area contributed by atoms with Gasteiger partial charge in [0.15, 0.2) is 0 Å². The molecule has 0 saturated carbocycles. The number of anilines is 2. The Morgan fingerprint density at radius 1 is 0.893 bits per heavy atom. The van der Waals surface area contributed by atoms with Crippen LogP contribution >= 0.6 is 9.53 Å². The van der Waals surface area contributed by atoms with Gasteiger partial charge in [-0.2, -0.15) is 0 Å².